The molecular weight excluding hydrogens is 338 g/mol. The van der Waals surface area contributed by atoms with Crippen LogP contribution in [0.25, 0.3) is 0 Å². The molecule has 142 valence electrons. The van der Waals surface area contributed by atoms with Crippen LogP contribution in [0.5, 0.6) is 5.75 Å². The minimum atomic E-state index is -0.327. The maximum Gasteiger partial charge on any atom is 0.265 e. The van der Waals surface area contributed by atoms with Crippen LogP contribution >= 0.6 is 0 Å². The summed E-state index contributed by atoms with van der Waals surface area (Å²) in [4.78, 5) is 39.9. The molecular formula is C18H25N3O5. The Labute approximate surface area is 153 Å². The monoisotopic (exact) mass is 363 g/mol. The minimum Gasteiger partial charge on any atom is -0.482 e. The van der Waals surface area contributed by atoms with Crippen LogP contribution in [0.15, 0.2) is 18.2 Å². The molecule has 1 heterocycles. The van der Waals surface area contributed by atoms with Crippen molar-refractivity contribution < 1.29 is 23.9 Å². The number of nitrogens with one attached hydrogen (secondary N) is 1. The largest absolute Gasteiger partial charge is 0.482 e. The van der Waals surface area contributed by atoms with Gasteiger partial charge in [-0.2, -0.15) is 0 Å². The van der Waals surface area contributed by atoms with Gasteiger partial charge in [0.05, 0.1) is 12.3 Å². The van der Waals surface area contributed by atoms with Crippen molar-refractivity contribution in [2.24, 2.45) is 0 Å². The first-order chi connectivity index (χ1) is 12.5. The molecule has 8 heteroatoms. The molecule has 0 atom stereocenters. The van der Waals surface area contributed by atoms with Crippen LogP contribution in [0.2, 0.25) is 0 Å². The predicted molar refractivity (Wildman–Crippen MR) is 96.4 cm³/mol. The fourth-order valence-electron chi connectivity index (χ4n) is 2.69. The van der Waals surface area contributed by atoms with Gasteiger partial charge < -0.3 is 19.7 Å². The van der Waals surface area contributed by atoms with Crippen molar-refractivity contribution in [1.29, 1.82) is 0 Å². The lowest BCUT2D eigenvalue weighted by Gasteiger charge is -2.29. The third-order valence-electron chi connectivity index (χ3n) is 4.13. The van der Waals surface area contributed by atoms with Crippen molar-refractivity contribution in [3.8, 4) is 5.75 Å². The van der Waals surface area contributed by atoms with E-state index in [0.717, 1.165) is 0 Å². The molecule has 0 unspecified atom stereocenters. The summed E-state index contributed by atoms with van der Waals surface area (Å²) in [5, 5.41) is 2.68. The van der Waals surface area contributed by atoms with Gasteiger partial charge in [0.2, 0.25) is 5.91 Å². The van der Waals surface area contributed by atoms with E-state index in [-0.39, 0.29) is 30.9 Å². The molecule has 2 rings (SSSR count). The number of nitrogens with zero attached hydrogens (tertiary/aromatic N) is 2. The molecule has 26 heavy (non-hydrogen) atoms. The second-order valence-corrected chi connectivity index (χ2v) is 5.77. The first-order valence-corrected chi connectivity index (χ1v) is 8.63. The van der Waals surface area contributed by atoms with E-state index in [1.807, 2.05) is 13.8 Å². The molecule has 0 aliphatic carbocycles. The molecule has 0 saturated heterocycles. The Morgan fingerprint density at radius 3 is 2.69 bits per heavy atom. The van der Waals surface area contributed by atoms with Gasteiger partial charge in [-0.1, -0.05) is 0 Å². The highest BCUT2D eigenvalue weighted by molar-refractivity contribution is 6.04. The Hall–Kier alpha value is -2.61. The quantitative estimate of drug-likeness (QED) is 0.686. The summed E-state index contributed by atoms with van der Waals surface area (Å²) in [6.45, 7) is 5.47. The molecule has 1 aromatic rings. The van der Waals surface area contributed by atoms with Crippen LogP contribution in [0.4, 0.5) is 5.69 Å². The topological polar surface area (TPSA) is 88.2 Å². The van der Waals surface area contributed by atoms with Gasteiger partial charge in [0.15, 0.2) is 6.61 Å². The Morgan fingerprint density at radius 2 is 2.04 bits per heavy atom. The van der Waals surface area contributed by atoms with Gasteiger partial charge >= 0.3 is 0 Å². The predicted octanol–water partition coefficient (Wildman–Crippen LogP) is 0.657. The van der Waals surface area contributed by atoms with E-state index < -0.39 is 0 Å². The zero-order valence-corrected chi connectivity index (χ0v) is 15.4. The van der Waals surface area contributed by atoms with Crippen LogP contribution in [0, 0.1) is 0 Å². The molecule has 1 aliphatic rings. The third-order valence-corrected chi connectivity index (χ3v) is 4.13. The highest BCUT2D eigenvalue weighted by atomic mass is 16.5. The van der Waals surface area contributed by atoms with Gasteiger partial charge in [-0.3, -0.25) is 19.3 Å². The fourth-order valence-corrected chi connectivity index (χ4v) is 2.69. The fraction of sp³-hybridized carbons (Fsp3) is 0.500. The molecule has 0 fully saturated rings. The Balaban J connectivity index is 2.22. The summed E-state index contributed by atoms with van der Waals surface area (Å²) in [6, 6.07) is 4.94. The molecule has 0 spiro atoms. The van der Waals surface area contributed by atoms with Crippen LogP contribution in [0.1, 0.15) is 24.2 Å². The van der Waals surface area contributed by atoms with Crippen molar-refractivity contribution in [1.82, 2.24) is 10.2 Å². The van der Waals surface area contributed by atoms with Crippen LogP contribution in [-0.2, 0) is 14.3 Å². The third kappa shape index (κ3) is 4.51. The van der Waals surface area contributed by atoms with E-state index in [4.69, 9.17) is 9.47 Å². The number of benzene rings is 1. The first-order valence-electron chi connectivity index (χ1n) is 8.63. The standard InChI is InChI=1S/C18H25N3O5/c1-4-20(5-2)18(24)13-6-7-15-14(10-13)21(17(23)12-26-15)11-16(22)19-8-9-25-3/h6-7,10H,4-5,8-9,11-12H2,1-3H3,(H,19,22). The summed E-state index contributed by atoms with van der Waals surface area (Å²) in [5.74, 6) is -0.277. The summed E-state index contributed by atoms with van der Waals surface area (Å²) in [6.07, 6.45) is 0. The molecule has 0 aromatic heterocycles. The van der Waals surface area contributed by atoms with E-state index in [2.05, 4.69) is 5.32 Å². The summed E-state index contributed by atoms with van der Waals surface area (Å²) in [5.41, 5.74) is 0.886. The smallest absolute Gasteiger partial charge is 0.265 e. The molecule has 1 aliphatic heterocycles. The van der Waals surface area contributed by atoms with Gasteiger partial charge in [-0.25, -0.2) is 0 Å². The number of carbonyl (C=O) groups is 3. The van der Waals surface area contributed by atoms with Crippen molar-refractivity contribution in [3.05, 3.63) is 23.8 Å². The number of methoxy groups -OCH3 is 1. The van der Waals surface area contributed by atoms with E-state index in [9.17, 15) is 14.4 Å². The SMILES string of the molecule is CCN(CC)C(=O)c1ccc2c(c1)N(CC(=O)NCCOC)C(=O)CO2. The Kier molecular flexibility index (Phi) is 6.97. The van der Waals surface area contributed by atoms with Gasteiger partial charge in [0, 0.05) is 32.3 Å². The lowest BCUT2D eigenvalue weighted by Crippen LogP contribution is -2.45. The van der Waals surface area contributed by atoms with E-state index in [1.54, 1.807) is 30.2 Å². The van der Waals surface area contributed by atoms with Crippen molar-refractivity contribution in [2.75, 3.05) is 51.4 Å². The zero-order chi connectivity index (χ0) is 19.1. The number of ether oxygens (including phenoxy) is 2. The lowest BCUT2D eigenvalue weighted by molar-refractivity contribution is -0.125. The van der Waals surface area contributed by atoms with Gasteiger partial charge in [-0.05, 0) is 32.0 Å². The van der Waals surface area contributed by atoms with Crippen LogP contribution in [0.3, 0.4) is 0 Å². The Bertz CT molecular complexity index is 673. The van der Waals surface area contributed by atoms with Crippen molar-refractivity contribution >= 4 is 23.4 Å². The normalized spacial score (nSPS) is 13.0. The number of hydrogen-bond donors (Lipinski definition) is 1. The van der Waals surface area contributed by atoms with Crippen molar-refractivity contribution in [2.45, 2.75) is 13.8 Å². The van der Waals surface area contributed by atoms with Crippen molar-refractivity contribution in [3.63, 3.8) is 0 Å². The number of fused-ring (bicyclic) bond motifs is 1. The first kappa shape index (κ1) is 19.7. The van der Waals surface area contributed by atoms with Gasteiger partial charge in [0.1, 0.15) is 12.3 Å². The molecule has 1 aromatic carbocycles. The lowest BCUT2D eigenvalue weighted by atomic mass is 10.1. The Morgan fingerprint density at radius 1 is 1.31 bits per heavy atom. The average molecular weight is 363 g/mol. The van der Waals surface area contributed by atoms with Crippen LogP contribution < -0.4 is 15.0 Å². The van der Waals surface area contributed by atoms with E-state index in [0.29, 0.717) is 43.2 Å². The van der Waals surface area contributed by atoms with Crippen LogP contribution in [-0.4, -0.2) is 69.1 Å². The number of hydrogen-bond acceptors (Lipinski definition) is 5. The second-order valence-electron chi connectivity index (χ2n) is 5.77. The number of anilines is 1. The highest BCUT2D eigenvalue weighted by Gasteiger charge is 2.28. The maximum absolute atomic E-state index is 12.6. The molecule has 0 saturated carbocycles. The molecule has 0 radical (unpaired) electrons. The zero-order valence-electron chi connectivity index (χ0n) is 15.4. The molecule has 1 N–H and O–H groups in total. The summed E-state index contributed by atoms with van der Waals surface area (Å²) < 4.78 is 10.3. The summed E-state index contributed by atoms with van der Waals surface area (Å²) in [7, 11) is 1.54. The second kappa shape index (κ2) is 9.19. The minimum absolute atomic E-state index is 0.125. The number of carbonyl (C=O) groups excluding carboxylic acids is 3. The average Bonchev–Trinajstić information content (AvgIpc) is 2.65. The number of amides is 3. The maximum atomic E-state index is 12.6. The molecule has 3 amide bonds. The van der Waals surface area contributed by atoms with E-state index in [1.165, 1.54) is 4.90 Å². The summed E-state index contributed by atoms with van der Waals surface area (Å²) >= 11 is 0. The van der Waals surface area contributed by atoms with Gasteiger partial charge in [0.25, 0.3) is 11.8 Å². The van der Waals surface area contributed by atoms with E-state index >= 15 is 0 Å². The molecule has 8 nitrogen and oxygen atoms in total. The number of rotatable bonds is 8. The molecule has 0 bridgehead atoms. The highest BCUT2D eigenvalue weighted by Crippen LogP contribution is 2.33. The van der Waals surface area contributed by atoms with Gasteiger partial charge in [-0.15, -0.1) is 0 Å².